The molecule has 1 aliphatic heterocycles. The number of nitrogens with one attached hydrogen (secondary N) is 2. The first-order valence-electron chi connectivity index (χ1n) is 8.25. The smallest absolute Gasteiger partial charge is 0.107 e. The molecule has 0 aromatic heterocycles. The van der Waals surface area contributed by atoms with Gasteiger partial charge in [0.2, 0.25) is 0 Å². The maximum atomic E-state index is 3.92. The van der Waals surface area contributed by atoms with Gasteiger partial charge >= 0.3 is 0 Å². The summed E-state index contributed by atoms with van der Waals surface area (Å²) in [7, 11) is 0. The highest BCUT2D eigenvalue weighted by molar-refractivity contribution is 5.64. The second-order valence-corrected chi connectivity index (χ2v) is 6.59. The van der Waals surface area contributed by atoms with Crippen LogP contribution in [-0.2, 0) is 0 Å². The number of hydrogen-bond acceptors (Lipinski definition) is 2. The summed E-state index contributed by atoms with van der Waals surface area (Å²) in [6.07, 6.45) is 14.1. The van der Waals surface area contributed by atoms with Crippen LogP contribution in [0.15, 0.2) is 18.2 Å². The fourth-order valence-corrected chi connectivity index (χ4v) is 4.14. The van der Waals surface area contributed by atoms with Crippen LogP contribution < -0.4 is 21.1 Å². The minimum Gasteiger partial charge on any atom is -0.366 e. The molecule has 0 radical (unpaired) electrons. The van der Waals surface area contributed by atoms with Gasteiger partial charge in [0.1, 0.15) is 5.66 Å². The van der Waals surface area contributed by atoms with Gasteiger partial charge in [-0.2, -0.15) is 0 Å². The standard InChI is InChI=1S/C18H24N2/c1-2-4-12-18(13-5-3-1)19-15-10-6-8-14-9-7-11-16(20-18)17(14)15/h6,8-10,19-20H,1-5,7,11-13H2. The van der Waals surface area contributed by atoms with Crippen molar-refractivity contribution in [2.45, 2.75) is 63.5 Å². The Kier molecular flexibility index (Phi) is 2.98. The number of rotatable bonds is 0. The molecule has 0 unspecified atom stereocenters. The second-order valence-electron chi connectivity index (χ2n) is 6.59. The van der Waals surface area contributed by atoms with Gasteiger partial charge in [0.15, 0.2) is 0 Å². The number of hydrogen-bond donors (Lipinski definition) is 2. The minimum atomic E-state index is 0.124. The van der Waals surface area contributed by atoms with Crippen LogP contribution in [0.5, 0.6) is 0 Å². The fraction of sp³-hybridized carbons (Fsp3) is 0.556. The van der Waals surface area contributed by atoms with Gasteiger partial charge in [0, 0.05) is 16.6 Å². The van der Waals surface area contributed by atoms with Gasteiger partial charge in [0.25, 0.3) is 0 Å². The van der Waals surface area contributed by atoms with Crippen LogP contribution in [-0.4, -0.2) is 5.66 Å². The fourth-order valence-electron chi connectivity index (χ4n) is 4.14. The van der Waals surface area contributed by atoms with Crippen molar-refractivity contribution >= 4 is 17.5 Å². The largest absolute Gasteiger partial charge is 0.366 e. The number of anilines is 1. The van der Waals surface area contributed by atoms with E-state index >= 15 is 0 Å². The van der Waals surface area contributed by atoms with E-state index in [0.717, 1.165) is 0 Å². The van der Waals surface area contributed by atoms with Crippen molar-refractivity contribution in [2.24, 2.45) is 0 Å². The van der Waals surface area contributed by atoms with Crippen molar-refractivity contribution in [2.75, 3.05) is 5.32 Å². The van der Waals surface area contributed by atoms with Crippen molar-refractivity contribution in [1.29, 1.82) is 0 Å². The van der Waals surface area contributed by atoms with Crippen molar-refractivity contribution in [1.82, 2.24) is 5.32 Å². The summed E-state index contributed by atoms with van der Waals surface area (Å²) in [4.78, 5) is 0. The molecule has 20 heavy (non-hydrogen) atoms. The van der Waals surface area contributed by atoms with Crippen LogP contribution >= 0.6 is 0 Å². The highest BCUT2D eigenvalue weighted by atomic mass is 15.2. The molecule has 1 aromatic carbocycles. The Labute approximate surface area is 121 Å². The molecule has 2 aliphatic carbocycles. The summed E-state index contributed by atoms with van der Waals surface area (Å²) in [5, 5.41) is 10.6. The first-order chi connectivity index (χ1) is 9.86. The zero-order valence-corrected chi connectivity index (χ0v) is 12.2. The Hall–Kier alpha value is -1.44. The molecule has 4 rings (SSSR count). The van der Waals surface area contributed by atoms with Crippen LogP contribution in [0.25, 0.3) is 11.8 Å². The average molecular weight is 268 g/mol. The summed E-state index contributed by atoms with van der Waals surface area (Å²) in [5.41, 5.74) is 2.96. The number of benzene rings is 1. The van der Waals surface area contributed by atoms with E-state index in [2.05, 4.69) is 34.9 Å². The van der Waals surface area contributed by atoms with Gasteiger partial charge in [0.05, 0.1) is 0 Å². The molecule has 3 aliphatic rings. The Morgan fingerprint density at radius 3 is 2.55 bits per heavy atom. The summed E-state index contributed by atoms with van der Waals surface area (Å²) < 4.78 is 0. The van der Waals surface area contributed by atoms with E-state index in [4.69, 9.17) is 0 Å². The van der Waals surface area contributed by atoms with Gasteiger partial charge in [-0.15, -0.1) is 0 Å². The lowest BCUT2D eigenvalue weighted by Gasteiger charge is -2.43. The summed E-state index contributed by atoms with van der Waals surface area (Å²) in [6, 6.07) is 6.71. The first-order valence-corrected chi connectivity index (χ1v) is 8.25. The van der Waals surface area contributed by atoms with Crippen molar-refractivity contribution in [3.05, 3.63) is 28.6 Å². The first kappa shape index (κ1) is 12.3. The van der Waals surface area contributed by atoms with Crippen LogP contribution in [0.2, 0.25) is 0 Å². The summed E-state index contributed by atoms with van der Waals surface area (Å²) in [6.45, 7) is 0. The molecule has 2 nitrogen and oxygen atoms in total. The van der Waals surface area contributed by atoms with Crippen LogP contribution in [0.4, 0.5) is 5.69 Å². The maximum Gasteiger partial charge on any atom is 0.107 e. The molecule has 0 atom stereocenters. The van der Waals surface area contributed by atoms with E-state index in [-0.39, 0.29) is 5.66 Å². The van der Waals surface area contributed by atoms with Gasteiger partial charge in [-0.1, -0.05) is 37.5 Å². The van der Waals surface area contributed by atoms with Crippen LogP contribution in [0.1, 0.15) is 57.8 Å². The normalized spacial score (nSPS) is 23.7. The molecule has 1 heterocycles. The van der Waals surface area contributed by atoms with Crippen LogP contribution in [0.3, 0.4) is 0 Å². The van der Waals surface area contributed by atoms with Gasteiger partial charge in [-0.3, -0.25) is 0 Å². The minimum absolute atomic E-state index is 0.124. The third-order valence-electron chi connectivity index (χ3n) is 5.13. The zero-order chi connectivity index (χ0) is 13.4. The zero-order valence-electron chi connectivity index (χ0n) is 12.2. The molecule has 2 heteroatoms. The molecule has 1 saturated carbocycles. The van der Waals surface area contributed by atoms with Crippen molar-refractivity contribution < 1.29 is 0 Å². The van der Waals surface area contributed by atoms with Gasteiger partial charge in [-0.05, 0) is 49.8 Å². The predicted octanol–water partition coefficient (Wildman–Crippen LogP) is 2.82. The molecule has 0 amide bonds. The Morgan fingerprint density at radius 1 is 0.900 bits per heavy atom. The quantitative estimate of drug-likeness (QED) is 0.756. The molecule has 106 valence electrons. The molecule has 1 aromatic rings. The molecule has 0 saturated heterocycles. The molecule has 2 N–H and O–H groups in total. The second kappa shape index (κ2) is 4.83. The summed E-state index contributed by atoms with van der Waals surface area (Å²) in [5.74, 6) is 0. The van der Waals surface area contributed by atoms with E-state index in [9.17, 15) is 0 Å². The Morgan fingerprint density at radius 2 is 1.70 bits per heavy atom. The van der Waals surface area contributed by atoms with Gasteiger partial charge in [-0.25, -0.2) is 0 Å². The van der Waals surface area contributed by atoms with Crippen molar-refractivity contribution in [3.63, 3.8) is 0 Å². The van der Waals surface area contributed by atoms with Crippen LogP contribution in [0, 0.1) is 0 Å². The van der Waals surface area contributed by atoms with Gasteiger partial charge < -0.3 is 10.6 Å². The van der Waals surface area contributed by atoms with E-state index in [1.165, 1.54) is 79.6 Å². The van der Waals surface area contributed by atoms with E-state index < -0.39 is 0 Å². The lowest BCUT2D eigenvalue weighted by Crippen LogP contribution is -2.58. The maximum absolute atomic E-state index is 3.92. The third-order valence-corrected chi connectivity index (χ3v) is 5.13. The predicted molar refractivity (Wildman–Crippen MR) is 84.6 cm³/mol. The molecular weight excluding hydrogens is 244 g/mol. The lowest BCUT2D eigenvalue weighted by atomic mass is 9.87. The Balaban J connectivity index is 1.77. The third kappa shape index (κ3) is 2.02. The SMILES string of the molecule is C1=c2cccc3c2=C(CC1)NC1(CCCCCCC1)N3. The van der Waals surface area contributed by atoms with E-state index in [1.54, 1.807) is 0 Å². The highest BCUT2D eigenvalue weighted by Crippen LogP contribution is 2.31. The highest BCUT2D eigenvalue weighted by Gasteiger charge is 2.34. The molecule has 1 fully saturated rings. The molecule has 1 spiro atoms. The Bertz CT molecular complexity index is 621. The van der Waals surface area contributed by atoms with E-state index in [1.807, 2.05) is 0 Å². The topological polar surface area (TPSA) is 24.1 Å². The van der Waals surface area contributed by atoms with E-state index in [0.29, 0.717) is 0 Å². The van der Waals surface area contributed by atoms with Crippen molar-refractivity contribution in [3.8, 4) is 0 Å². The monoisotopic (exact) mass is 268 g/mol. The molecule has 0 bridgehead atoms. The molecular formula is C18H24N2. The lowest BCUT2D eigenvalue weighted by molar-refractivity contribution is 0.310. The summed E-state index contributed by atoms with van der Waals surface area (Å²) >= 11 is 0. The average Bonchev–Trinajstić information content (AvgIpc) is 2.44.